The average molecular weight is 87.2 g/mol. The monoisotopic (exact) mass is 87.0 g/mol. The molecule has 5 heavy (non-hydrogen) atoms. The highest BCUT2D eigenvalue weighted by Gasteiger charge is 2.10. The van der Waals surface area contributed by atoms with E-state index in [0.717, 1.165) is 0 Å². The molecule has 1 heteroatoms. The predicted octanol–water partition coefficient (Wildman–Crippen LogP) is 1.28. The molecule has 0 aliphatic heterocycles. The van der Waals surface area contributed by atoms with Gasteiger partial charge in [-0.2, -0.15) is 12.6 Å². The van der Waals surface area contributed by atoms with Crippen LogP contribution in [0.4, 0.5) is 0 Å². The Balaban J connectivity index is 2.08. The minimum atomic E-state index is 0.634. The fraction of sp³-hybridized carbons (Fsp3) is 0.750. The second kappa shape index (κ2) is 1.21. The molecule has 0 spiro atoms. The lowest BCUT2D eigenvalue weighted by Crippen LogP contribution is -2.09. The Morgan fingerprint density at radius 3 is 2.20 bits per heavy atom. The summed E-state index contributed by atoms with van der Waals surface area (Å²) in [5.74, 6) is 0. The van der Waals surface area contributed by atoms with E-state index in [1.54, 1.807) is 0 Å². The molecular weight excluding hydrogens is 80.1 g/mol. The van der Waals surface area contributed by atoms with Crippen molar-refractivity contribution in [3.63, 3.8) is 0 Å². The molecule has 0 N–H and O–H groups in total. The normalized spacial score (nSPS) is 25.8. The highest BCUT2D eigenvalue weighted by atomic mass is 32.1. The van der Waals surface area contributed by atoms with Crippen LogP contribution in [0.25, 0.3) is 0 Å². The zero-order chi connectivity index (χ0) is 3.70. The van der Waals surface area contributed by atoms with Gasteiger partial charge in [-0.05, 0) is 19.3 Å². The van der Waals surface area contributed by atoms with Crippen molar-refractivity contribution in [2.45, 2.75) is 18.1 Å². The van der Waals surface area contributed by atoms with Gasteiger partial charge in [0.2, 0.25) is 0 Å². The molecule has 0 nitrogen and oxygen atoms in total. The van der Waals surface area contributed by atoms with Crippen molar-refractivity contribution >= 4 is 12.6 Å². The molecule has 0 saturated heterocycles. The summed E-state index contributed by atoms with van der Waals surface area (Å²) in [5, 5.41) is 0.634. The molecule has 1 aliphatic rings. The molecule has 0 aromatic heterocycles. The molecule has 0 bridgehead atoms. The molecular formula is C4H7S. The summed E-state index contributed by atoms with van der Waals surface area (Å²) in [7, 11) is 0. The Labute approximate surface area is 38.0 Å². The summed E-state index contributed by atoms with van der Waals surface area (Å²) in [5.41, 5.74) is 0. The number of hydrogen-bond acceptors (Lipinski definition) is 1. The van der Waals surface area contributed by atoms with Gasteiger partial charge in [0.25, 0.3) is 0 Å². The van der Waals surface area contributed by atoms with Crippen molar-refractivity contribution in [3.8, 4) is 0 Å². The van der Waals surface area contributed by atoms with Crippen LogP contribution in [0.5, 0.6) is 0 Å². The van der Waals surface area contributed by atoms with Crippen molar-refractivity contribution in [3.05, 3.63) is 6.42 Å². The zero-order valence-corrected chi connectivity index (χ0v) is 3.91. The topological polar surface area (TPSA) is 0 Å². The quantitative estimate of drug-likeness (QED) is 0.423. The molecule has 0 aromatic carbocycles. The Hall–Kier alpha value is 0.350. The van der Waals surface area contributed by atoms with E-state index in [2.05, 4.69) is 19.0 Å². The van der Waals surface area contributed by atoms with Crippen LogP contribution in [0.15, 0.2) is 0 Å². The molecule has 1 radical (unpaired) electrons. The minimum Gasteiger partial charge on any atom is -0.176 e. The molecule has 1 rings (SSSR count). The Bertz CT molecular complexity index is 30.6. The summed E-state index contributed by atoms with van der Waals surface area (Å²) in [6, 6.07) is 0. The maximum atomic E-state index is 4.13. The third-order valence-corrected chi connectivity index (χ3v) is 1.37. The second-order valence-electron chi connectivity index (χ2n) is 1.38. The molecule has 1 atom stereocenters. The van der Waals surface area contributed by atoms with Gasteiger partial charge in [0.1, 0.15) is 0 Å². The highest BCUT2D eigenvalue weighted by Crippen LogP contribution is 2.21. The van der Waals surface area contributed by atoms with Crippen LogP contribution < -0.4 is 0 Å². The van der Waals surface area contributed by atoms with E-state index < -0.39 is 0 Å². The average Bonchev–Trinajstić information content (AvgIpc) is 1.30. The smallest absolute Gasteiger partial charge is 0.00482 e. The fourth-order valence-corrected chi connectivity index (χ4v) is 0.614. The lowest BCUT2D eigenvalue weighted by molar-refractivity contribution is 0.674. The first kappa shape index (κ1) is 3.54. The van der Waals surface area contributed by atoms with Gasteiger partial charge in [-0.15, -0.1) is 0 Å². The van der Waals surface area contributed by atoms with E-state index in [1.165, 1.54) is 12.8 Å². The number of hydrogen-bond donors (Lipinski definition) is 1. The number of thiol groups is 1. The Morgan fingerprint density at radius 1 is 1.80 bits per heavy atom. The van der Waals surface area contributed by atoms with E-state index in [1.807, 2.05) is 0 Å². The predicted molar refractivity (Wildman–Crippen MR) is 26.3 cm³/mol. The van der Waals surface area contributed by atoms with Crippen molar-refractivity contribution in [2.24, 2.45) is 0 Å². The molecule has 1 unspecified atom stereocenters. The SMILES string of the molecule is SC1[CH]CC1. The van der Waals surface area contributed by atoms with Crippen molar-refractivity contribution in [1.82, 2.24) is 0 Å². The van der Waals surface area contributed by atoms with Gasteiger partial charge < -0.3 is 0 Å². The zero-order valence-electron chi connectivity index (χ0n) is 3.02. The largest absolute Gasteiger partial charge is 0.176 e. The molecule has 29 valence electrons. The summed E-state index contributed by atoms with van der Waals surface area (Å²) >= 11 is 4.13. The van der Waals surface area contributed by atoms with Crippen LogP contribution in [0.1, 0.15) is 12.8 Å². The Morgan fingerprint density at radius 2 is 2.20 bits per heavy atom. The first-order valence-corrected chi connectivity index (χ1v) is 2.42. The van der Waals surface area contributed by atoms with Crippen molar-refractivity contribution in [2.75, 3.05) is 0 Å². The third-order valence-electron chi connectivity index (χ3n) is 0.901. The van der Waals surface area contributed by atoms with E-state index >= 15 is 0 Å². The second-order valence-corrected chi connectivity index (χ2v) is 2.04. The highest BCUT2D eigenvalue weighted by molar-refractivity contribution is 7.81. The van der Waals surface area contributed by atoms with E-state index in [0.29, 0.717) is 5.25 Å². The third kappa shape index (κ3) is 0.596. The van der Waals surface area contributed by atoms with Gasteiger partial charge >= 0.3 is 0 Å². The maximum Gasteiger partial charge on any atom is 0.00482 e. The van der Waals surface area contributed by atoms with Crippen LogP contribution >= 0.6 is 12.6 Å². The molecule has 0 heterocycles. The maximum absolute atomic E-state index is 4.13. The standard InChI is InChI=1S/C4H7S/c5-4-2-1-3-4/h2,4-5H,1,3H2. The van der Waals surface area contributed by atoms with E-state index in [4.69, 9.17) is 0 Å². The molecule has 0 amide bonds. The first-order chi connectivity index (χ1) is 2.39. The number of rotatable bonds is 0. The fourth-order valence-electron chi connectivity index (χ4n) is 0.316. The molecule has 1 aliphatic carbocycles. The summed E-state index contributed by atoms with van der Waals surface area (Å²) < 4.78 is 0. The van der Waals surface area contributed by atoms with Gasteiger partial charge in [0.15, 0.2) is 0 Å². The molecule has 1 fully saturated rings. The van der Waals surface area contributed by atoms with Gasteiger partial charge in [-0.25, -0.2) is 0 Å². The van der Waals surface area contributed by atoms with Crippen LogP contribution in [-0.4, -0.2) is 5.25 Å². The lowest BCUT2D eigenvalue weighted by Gasteiger charge is -2.17. The van der Waals surface area contributed by atoms with E-state index in [9.17, 15) is 0 Å². The van der Waals surface area contributed by atoms with Crippen LogP contribution in [0.3, 0.4) is 0 Å². The Kier molecular flexibility index (Phi) is 0.856. The summed E-state index contributed by atoms with van der Waals surface area (Å²) in [4.78, 5) is 0. The van der Waals surface area contributed by atoms with Gasteiger partial charge in [-0.1, -0.05) is 0 Å². The van der Waals surface area contributed by atoms with Crippen LogP contribution in [-0.2, 0) is 0 Å². The van der Waals surface area contributed by atoms with Crippen molar-refractivity contribution in [1.29, 1.82) is 0 Å². The lowest BCUT2D eigenvalue weighted by atomic mass is 10.0. The van der Waals surface area contributed by atoms with Crippen LogP contribution in [0.2, 0.25) is 0 Å². The molecule has 1 saturated carbocycles. The van der Waals surface area contributed by atoms with Crippen LogP contribution in [0, 0.1) is 6.42 Å². The summed E-state index contributed by atoms with van der Waals surface area (Å²) in [6.07, 6.45) is 4.79. The van der Waals surface area contributed by atoms with Gasteiger partial charge in [0.05, 0.1) is 0 Å². The van der Waals surface area contributed by atoms with Gasteiger partial charge in [-0.3, -0.25) is 0 Å². The first-order valence-electron chi connectivity index (χ1n) is 1.91. The molecule has 0 aromatic rings. The van der Waals surface area contributed by atoms with Crippen molar-refractivity contribution < 1.29 is 0 Å². The van der Waals surface area contributed by atoms with E-state index in [-0.39, 0.29) is 0 Å². The minimum absolute atomic E-state index is 0.634. The summed E-state index contributed by atoms with van der Waals surface area (Å²) in [6.45, 7) is 0. The van der Waals surface area contributed by atoms with Gasteiger partial charge in [0, 0.05) is 5.25 Å².